The van der Waals surface area contributed by atoms with Crippen molar-refractivity contribution in [2.45, 2.75) is 0 Å². The van der Waals surface area contributed by atoms with Crippen molar-refractivity contribution in [2.75, 3.05) is 0 Å². The number of hydrogen-bond donors (Lipinski definition) is 1. The summed E-state index contributed by atoms with van der Waals surface area (Å²) in [6, 6.07) is 0. The number of fused-ring (bicyclic) bond motifs is 1. The van der Waals surface area contributed by atoms with Gasteiger partial charge in [0.05, 0.1) is 35.1 Å². The van der Waals surface area contributed by atoms with Crippen LogP contribution in [0.5, 0.6) is 0 Å². The van der Waals surface area contributed by atoms with Crippen LogP contribution in [0.2, 0.25) is 0 Å². The van der Waals surface area contributed by atoms with Gasteiger partial charge in [0.2, 0.25) is 5.78 Å². The van der Waals surface area contributed by atoms with Gasteiger partial charge in [0.1, 0.15) is 0 Å². The third-order valence-corrected chi connectivity index (χ3v) is 2.86. The zero-order valence-corrected chi connectivity index (χ0v) is 10.3. The number of ketones is 2. The van der Waals surface area contributed by atoms with Crippen molar-refractivity contribution in [3.8, 4) is 5.82 Å². The van der Waals surface area contributed by atoms with Crippen LogP contribution >= 0.6 is 0 Å². The summed E-state index contributed by atoms with van der Waals surface area (Å²) < 4.78 is 15.2. The van der Waals surface area contributed by atoms with Crippen molar-refractivity contribution in [1.82, 2.24) is 25.0 Å². The molecule has 8 nitrogen and oxygen atoms in total. The van der Waals surface area contributed by atoms with Crippen molar-refractivity contribution in [3.05, 3.63) is 36.2 Å². The smallest absolute Gasteiger partial charge is 0.265 e. The molecule has 0 spiro atoms. The molecule has 0 aromatic carbocycles. The second-order valence-electron chi connectivity index (χ2n) is 4.04. The number of nitrogens with zero attached hydrogens (tertiary/aromatic N) is 4. The highest BCUT2D eigenvalue weighted by Gasteiger charge is 2.23. The minimum atomic E-state index is -1.26. The second-order valence-corrected chi connectivity index (χ2v) is 4.04. The van der Waals surface area contributed by atoms with E-state index >= 15 is 0 Å². The average molecular weight is 287 g/mol. The van der Waals surface area contributed by atoms with E-state index in [1.165, 1.54) is 17.1 Å². The molecule has 0 bridgehead atoms. The average Bonchev–Trinajstić information content (AvgIpc) is 3.15. The van der Waals surface area contributed by atoms with Crippen molar-refractivity contribution >= 4 is 28.8 Å². The number of carbonyl (C=O) groups is 3. The zero-order valence-electron chi connectivity index (χ0n) is 10.3. The molecule has 3 rings (SSSR count). The minimum absolute atomic E-state index is 0.113. The van der Waals surface area contributed by atoms with Crippen molar-refractivity contribution in [3.63, 3.8) is 0 Å². The molecule has 0 unspecified atom stereocenters. The number of rotatable bonds is 4. The van der Waals surface area contributed by atoms with E-state index in [2.05, 4.69) is 20.3 Å². The molecule has 0 saturated carbocycles. The maximum Gasteiger partial charge on any atom is 0.265 e. The van der Waals surface area contributed by atoms with Gasteiger partial charge in [0, 0.05) is 6.20 Å². The summed E-state index contributed by atoms with van der Waals surface area (Å²) in [4.78, 5) is 39.9. The number of H-pyrrole nitrogens is 1. The molecule has 0 aliphatic heterocycles. The zero-order chi connectivity index (χ0) is 15.0. The Morgan fingerprint density at radius 3 is 2.86 bits per heavy atom. The van der Waals surface area contributed by atoms with E-state index < -0.39 is 17.4 Å². The summed E-state index contributed by atoms with van der Waals surface area (Å²) in [5.41, 5.74) is -0.0640. The third kappa shape index (κ3) is 1.91. The topological polar surface area (TPSA) is 111 Å². The first-order valence-corrected chi connectivity index (χ1v) is 5.69. The number of nitrogens with one attached hydrogen (secondary N) is 1. The highest BCUT2D eigenvalue weighted by Crippen LogP contribution is 2.25. The van der Waals surface area contributed by atoms with Crippen molar-refractivity contribution in [1.29, 1.82) is 0 Å². The molecule has 0 radical (unpaired) electrons. The first kappa shape index (κ1) is 12.8. The summed E-state index contributed by atoms with van der Waals surface area (Å²) in [6.45, 7) is 0. The molecular formula is C12H6FN5O3. The predicted octanol–water partition coefficient (Wildman–Crippen LogP) is 0.233. The fraction of sp³-hybridized carbons (Fsp3) is 0. The van der Waals surface area contributed by atoms with Crippen molar-refractivity contribution in [2.24, 2.45) is 0 Å². The lowest BCUT2D eigenvalue weighted by Crippen LogP contribution is -2.14. The molecule has 21 heavy (non-hydrogen) atoms. The van der Waals surface area contributed by atoms with Gasteiger partial charge in [-0.2, -0.15) is 0 Å². The standard InChI is InChI=1S/C12H6FN5O3/c13-7-4-15-12(18-2-1-16-17-18)10-9(7)6(3-14-10)11(21)8(20)5-19/h1-5,14H. The van der Waals surface area contributed by atoms with Gasteiger partial charge >= 0.3 is 0 Å². The molecule has 0 amide bonds. The lowest BCUT2D eigenvalue weighted by atomic mass is 10.1. The van der Waals surface area contributed by atoms with Crippen LogP contribution in [0.1, 0.15) is 10.4 Å². The Kier molecular flexibility index (Phi) is 2.87. The normalized spacial score (nSPS) is 10.7. The van der Waals surface area contributed by atoms with Crippen LogP contribution < -0.4 is 0 Å². The van der Waals surface area contributed by atoms with E-state index in [1.54, 1.807) is 0 Å². The van der Waals surface area contributed by atoms with Crippen LogP contribution in [-0.4, -0.2) is 42.8 Å². The molecule has 0 fully saturated rings. The minimum Gasteiger partial charge on any atom is -0.357 e. The Balaban J connectivity index is 2.27. The molecule has 1 N–H and O–H groups in total. The third-order valence-electron chi connectivity index (χ3n) is 2.86. The van der Waals surface area contributed by atoms with Gasteiger partial charge in [0.25, 0.3) is 5.78 Å². The molecule has 3 aromatic rings. The number of hydrogen-bond acceptors (Lipinski definition) is 6. The van der Waals surface area contributed by atoms with E-state index in [-0.39, 0.29) is 28.6 Å². The lowest BCUT2D eigenvalue weighted by Gasteiger charge is -2.02. The number of Topliss-reactive ketones (excluding diaryl/α,β-unsaturated/α-hetero) is 2. The summed E-state index contributed by atoms with van der Waals surface area (Å²) >= 11 is 0. The van der Waals surface area contributed by atoms with E-state index in [9.17, 15) is 18.8 Å². The summed E-state index contributed by atoms with van der Waals surface area (Å²) in [7, 11) is 0. The largest absolute Gasteiger partial charge is 0.357 e. The Morgan fingerprint density at radius 2 is 2.19 bits per heavy atom. The fourth-order valence-corrected chi connectivity index (χ4v) is 1.95. The van der Waals surface area contributed by atoms with Crippen LogP contribution in [0.4, 0.5) is 4.39 Å². The molecule has 104 valence electrons. The van der Waals surface area contributed by atoms with E-state index in [0.717, 1.165) is 12.4 Å². The number of aromatic nitrogens is 5. The van der Waals surface area contributed by atoms with Gasteiger partial charge in [0.15, 0.2) is 17.9 Å². The second kappa shape index (κ2) is 4.71. The van der Waals surface area contributed by atoms with Crippen LogP contribution in [-0.2, 0) is 9.59 Å². The molecule has 0 atom stereocenters. The molecule has 9 heteroatoms. The molecular weight excluding hydrogens is 281 g/mol. The SMILES string of the molecule is O=CC(=O)C(=O)c1c[nH]c2c(-n3ccnn3)ncc(F)c12. The van der Waals surface area contributed by atoms with E-state index in [4.69, 9.17) is 0 Å². The Bertz CT molecular complexity index is 869. The summed E-state index contributed by atoms with van der Waals surface area (Å²) in [5, 5.41) is 7.21. The molecule has 0 aliphatic carbocycles. The molecule has 3 aromatic heterocycles. The van der Waals surface area contributed by atoms with Crippen LogP contribution in [0.25, 0.3) is 16.7 Å². The van der Waals surface area contributed by atoms with Crippen molar-refractivity contribution < 1.29 is 18.8 Å². The van der Waals surface area contributed by atoms with Gasteiger partial charge in [-0.15, -0.1) is 5.10 Å². The van der Waals surface area contributed by atoms with E-state index in [1.807, 2.05) is 0 Å². The maximum atomic E-state index is 13.9. The monoisotopic (exact) mass is 287 g/mol. The quantitative estimate of drug-likeness (QED) is 0.318. The van der Waals surface area contributed by atoms with Gasteiger partial charge < -0.3 is 4.98 Å². The fourth-order valence-electron chi connectivity index (χ4n) is 1.95. The number of carbonyl (C=O) groups excluding carboxylic acids is 3. The number of halogens is 1. The van der Waals surface area contributed by atoms with Gasteiger partial charge in [-0.25, -0.2) is 14.1 Å². The number of aldehydes is 1. The van der Waals surface area contributed by atoms with Crippen LogP contribution in [0, 0.1) is 5.82 Å². The van der Waals surface area contributed by atoms with Crippen LogP contribution in [0.15, 0.2) is 24.8 Å². The first-order chi connectivity index (χ1) is 10.1. The Morgan fingerprint density at radius 1 is 1.38 bits per heavy atom. The van der Waals surface area contributed by atoms with E-state index in [0.29, 0.717) is 0 Å². The summed E-state index contributed by atoms with van der Waals surface area (Å²) in [6.07, 6.45) is 4.83. The molecule has 3 heterocycles. The number of aromatic amines is 1. The van der Waals surface area contributed by atoms with Gasteiger partial charge in [-0.05, 0) is 0 Å². The van der Waals surface area contributed by atoms with Gasteiger partial charge in [-0.1, -0.05) is 5.21 Å². The Hall–Kier alpha value is -3.23. The molecule has 0 aliphatic rings. The maximum absolute atomic E-state index is 13.9. The highest BCUT2D eigenvalue weighted by atomic mass is 19.1. The summed E-state index contributed by atoms with van der Waals surface area (Å²) in [5.74, 6) is -2.93. The predicted molar refractivity (Wildman–Crippen MR) is 66.4 cm³/mol. The lowest BCUT2D eigenvalue weighted by molar-refractivity contribution is -0.126. The van der Waals surface area contributed by atoms with Crippen LogP contribution in [0.3, 0.4) is 0 Å². The number of pyridine rings is 1. The Labute approximate surface area is 115 Å². The van der Waals surface area contributed by atoms with Gasteiger partial charge in [-0.3, -0.25) is 14.4 Å². The highest BCUT2D eigenvalue weighted by molar-refractivity contribution is 6.62. The first-order valence-electron chi connectivity index (χ1n) is 5.69. The molecule has 0 saturated heterocycles.